The van der Waals surface area contributed by atoms with E-state index < -0.39 is 15.6 Å². The van der Waals surface area contributed by atoms with Gasteiger partial charge < -0.3 is 9.08 Å². The first-order valence-electron chi connectivity index (χ1n) is 9.80. The normalized spacial score (nSPS) is 23.1. The molecule has 1 fully saturated rings. The van der Waals surface area contributed by atoms with Gasteiger partial charge in [-0.05, 0) is 41.9 Å². The van der Waals surface area contributed by atoms with Crippen molar-refractivity contribution in [2.75, 3.05) is 13.1 Å². The highest BCUT2D eigenvalue weighted by Crippen LogP contribution is 2.40. The van der Waals surface area contributed by atoms with E-state index in [1.807, 2.05) is 11.8 Å². The Labute approximate surface area is 170 Å². The van der Waals surface area contributed by atoms with Crippen molar-refractivity contribution in [3.05, 3.63) is 29.8 Å². The van der Waals surface area contributed by atoms with Crippen LogP contribution in [0.25, 0.3) is 0 Å². The zero-order chi connectivity index (χ0) is 21.9. The number of hydrogen-bond acceptors (Lipinski definition) is 4. The second-order valence-corrected chi connectivity index (χ2v) is 9.41. The molecule has 0 spiro atoms. The number of carbonyl (C=O) groups excluding carboxylic acids is 1. The lowest BCUT2D eigenvalue weighted by atomic mass is 9.68. The van der Waals surface area contributed by atoms with Gasteiger partial charge in [-0.1, -0.05) is 45.7 Å². The minimum atomic E-state index is -5.69. The number of hydrogen-bond donors (Lipinski definition) is 0. The second-order valence-electron chi connectivity index (χ2n) is 7.87. The molecular formula is C20H28F3NO4S. The minimum absolute atomic E-state index is 0.136. The van der Waals surface area contributed by atoms with Crippen LogP contribution in [0.15, 0.2) is 24.3 Å². The van der Waals surface area contributed by atoms with Crippen molar-refractivity contribution in [3.63, 3.8) is 0 Å². The number of likely N-dealkylation sites (tertiary alicyclic amines) is 1. The molecule has 1 aliphatic rings. The smallest absolute Gasteiger partial charge is 0.376 e. The minimum Gasteiger partial charge on any atom is -0.376 e. The molecule has 1 aromatic carbocycles. The number of piperidine rings is 1. The van der Waals surface area contributed by atoms with Crippen molar-refractivity contribution in [3.8, 4) is 5.75 Å². The van der Waals surface area contributed by atoms with Crippen molar-refractivity contribution in [2.24, 2.45) is 5.92 Å². The Morgan fingerprint density at radius 2 is 1.86 bits per heavy atom. The van der Waals surface area contributed by atoms with Crippen molar-refractivity contribution in [1.82, 2.24) is 4.90 Å². The van der Waals surface area contributed by atoms with E-state index in [9.17, 15) is 26.4 Å². The predicted octanol–water partition coefficient (Wildman–Crippen LogP) is 4.62. The number of carbonyl (C=O) groups is 1. The molecule has 0 bridgehead atoms. The van der Waals surface area contributed by atoms with Gasteiger partial charge in [0.1, 0.15) is 5.75 Å². The van der Waals surface area contributed by atoms with E-state index in [0.717, 1.165) is 31.2 Å². The molecular weight excluding hydrogens is 407 g/mol. The van der Waals surface area contributed by atoms with Crippen LogP contribution < -0.4 is 4.18 Å². The number of amides is 1. The molecule has 1 aliphatic heterocycles. The quantitative estimate of drug-likeness (QED) is 0.356. The molecule has 2 atom stereocenters. The maximum Gasteiger partial charge on any atom is 0.534 e. The van der Waals surface area contributed by atoms with E-state index in [1.165, 1.54) is 12.1 Å². The highest BCUT2D eigenvalue weighted by molar-refractivity contribution is 7.88. The van der Waals surface area contributed by atoms with Crippen LogP contribution in [-0.2, 0) is 20.3 Å². The standard InChI is InChI=1S/C20H28F3NO4S/c1-4-5-6-7-18(25)24-13-12-19(3,15(2)14-24)16-8-10-17(11-9-16)28-29(26,27)20(21,22)23/h8-11,15H,4-7,12-14H2,1-3H3. The van der Waals surface area contributed by atoms with Gasteiger partial charge in [-0.25, -0.2) is 0 Å². The van der Waals surface area contributed by atoms with Gasteiger partial charge in [0.15, 0.2) is 0 Å². The average Bonchev–Trinajstić information content (AvgIpc) is 2.63. The average molecular weight is 436 g/mol. The van der Waals surface area contributed by atoms with Gasteiger partial charge in [-0.2, -0.15) is 21.6 Å². The fourth-order valence-corrected chi connectivity index (χ4v) is 4.10. The van der Waals surface area contributed by atoms with E-state index in [4.69, 9.17) is 0 Å². The van der Waals surface area contributed by atoms with Gasteiger partial charge in [0.25, 0.3) is 0 Å². The van der Waals surface area contributed by atoms with E-state index in [0.29, 0.717) is 19.5 Å². The summed E-state index contributed by atoms with van der Waals surface area (Å²) in [4.78, 5) is 14.3. The summed E-state index contributed by atoms with van der Waals surface area (Å²) in [6.07, 6.45) is 4.25. The molecule has 2 rings (SSSR count). The predicted molar refractivity (Wildman–Crippen MR) is 104 cm³/mol. The molecule has 0 radical (unpaired) electrons. The SMILES string of the molecule is CCCCCC(=O)N1CCC(C)(c2ccc(OS(=O)(=O)C(F)(F)F)cc2)C(C)C1. The van der Waals surface area contributed by atoms with Crippen LogP contribution in [0, 0.1) is 5.92 Å². The Morgan fingerprint density at radius 1 is 1.24 bits per heavy atom. The van der Waals surface area contributed by atoms with Crippen molar-refractivity contribution >= 4 is 16.0 Å². The summed E-state index contributed by atoms with van der Waals surface area (Å²) in [5.74, 6) is -0.0867. The van der Waals surface area contributed by atoms with Gasteiger partial charge in [0, 0.05) is 19.5 Å². The summed E-state index contributed by atoms with van der Waals surface area (Å²) < 4.78 is 63.8. The second kappa shape index (κ2) is 8.93. The van der Waals surface area contributed by atoms with Gasteiger partial charge in [-0.15, -0.1) is 0 Å². The maximum absolute atomic E-state index is 12.5. The fourth-order valence-electron chi connectivity index (χ4n) is 3.64. The first-order chi connectivity index (χ1) is 13.4. The lowest BCUT2D eigenvalue weighted by Crippen LogP contribution is -2.49. The number of unbranched alkanes of at least 4 members (excludes halogenated alkanes) is 2. The molecule has 0 N–H and O–H groups in total. The van der Waals surface area contributed by atoms with Crippen molar-refractivity contribution in [2.45, 2.75) is 63.8 Å². The van der Waals surface area contributed by atoms with Crippen LogP contribution in [0.5, 0.6) is 5.75 Å². The Morgan fingerprint density at radius 3 is 2.38 bits per heavy atom. The third-order valence-electron chi connectivity index (χ3n) is 5.83. The number of nitrogens with zero attached hydrogens (tertiary/aromatic N) is 1. The highest BCUT2D eigenvalue weighted by atomic mass is 32.2. The molecule has 2 unspecified atom stereocenters. The van der Waals surface area contributed by atoms with Crippen LogP contribution in [0.3, 0.4) is 0 Å². The van der Waals surface area contributed by atoms with Gasteiger partial charge in [0.2, 0.25) is 5.91 Å². The molecule has 29 heavy (non-hydrogen) atoms. The molecule has 0 aromatic heterocycles. The zero-order valence-corrected chi connectivity index (χ0v) is 17.8. The van der Waals surface area contributed by atoms with Crippen LogP contribution in [0.1, 0.15) is 58.4 Å². The summed E-state index contributed by atoms with van der Waals surface area (Å²) in [7, 11) is -5.69. The third kappa shape index (κ3) is 5.43. The van der Waals surface area contributed by atoms with Crippen LogP contribution in [-0.4, -0.2) is 37.8 Å². The Hall–Kier alpha value is -1.77. The third-order valence-corrected chi connectivity index (χ3v) is 6.81. The Kier molecular flexibility index (Phi) is 7.24. The summed E-state index contributed by atoms with van der Waals surface area (Å²) in [5.41, 5.74) is -4.87. The van der Waals surface area contributed by atoms with Crippen LogP contribution >= 0.6 is 0 Å². The number of alkyl halides is 3. The van der Waals surface area contributed by atoms with Gasteiger partial charge >= 0.3 is 15.6 Å². The Bertz CT molecular complexity index is 808. The van der Waals surface area contributed by atoms with Gasteiger partial charge in [0.05, 0.1) is 0 Å². The largest absolute Gasteiger partial charge is 0.534 e. The summed E-state index contributed by atoms with van der Waals surface area (Å²) in [6, 6.07) is 5.66. The van der Waals surface area contributed by atoms with Crippen molar-refractivity contribution in [1.29, 1.82) is 0 Å². The monoisotopic (exact) mass is 435 g/mol. The van der Waals surface area contributed by atoms with Gasteiger partial charge in [-0.3, -0.25) is 4.79 Å². The molecule has 0 saturated carbocycles. The Balaban J connectivity index is 2.06. The lowest BCUT2D eigenvalue weighted by Gasteiger charge is -2.45. The molecule has 1 heterocycles. The molecule has 1 amide bonds. The zero-order valence-electron chi connectivity index (χ0n) is 17.0. The molecule has 5 nitrogen and oxygen atoms in total. The first-order valence-corrected chi connectivity index (χ1v) is 11.2. The fraction of sp³-hybridized carbons (Fsp3) is 0.650. The molecule has 9 heteroatoms. The van der Waals surface area contributed by atoms with E-state index in [-0.39, 0.29) is 23.0 Å². The number of rotatable bonds is 7. The van der Waals surface area contributed by atoms with Crippen LogP contribution in [0.2, 0.25) is 0 Å². The molecule has 0 aliphatic carbocycles. The lowest BCUT2D eigenvalue weighted by molar-refractivity contribution is -0.134. The first kappa shape index (κ1) is 23.5. The molecule has 164 valence electrons. The molecule has 1 aromatic rings. The maximum atomic E-state index is 12.5. The van der Waals surface area contributed by atoms with E-state index in [2.05, 4.69) is 18.0 Å². The number of benzene rings is 1. The highest BCUT2D eigenvalue weighted by Gasteiger charge is 2.48. The van der Waals surface area contributed by atoms with E-state index >= 15 is 0 Å². The summed E-state index contributed by atoms with van der Waals surface area (Å²) in [6.45, 7) is 7.42. The summed E-state index contributed by atoms with van der Waals surface area (Å²) >= 11 is 0. The molecule has 1 saturated heterocycles. The van der Waals surface area contributed by atoms with E-state index in [1.54, 1.807) is 12.1 Å². The topological polar surface area (TPSA) is 63.7 Å². The number of halogens is 3. The summed E-state index contributed by atoms with van der Waals surface area (Å²) in [5, 5.41) is 0. The van der Waals surface area contributed by atoms with Crippen LogP contribution in [0.4, 0.5) is 13.2 Å². The van der Waals surface area contributed by atoms with Crippen molar-refractivity contribution < 1.29 is 30.6 Å².